The van der Waals surface area contributed by atoms with Gasteiger partial charge in [-0.05, 0) is 73.5 Å². The smallest absolute Gasteiger partial charge is 0.329 e. The van der Waals surface area contributed by atoms with E-state index in [9.17, 15) is 24.5 Å². The molecule has 0 saturated carbocycles. The molecule has 10 nitrogen and oxygen atoms in total. The third-order valence-corrected chi connectivity index (χ3v) is 6.29. The average Bonchev–Trinajstić information content (AvgIpc) is 3.15. The van der Waals surface area contributed by atoms with Crippen molar-refractivity contribution >= 4 is 40.6 Å². The minimum atomic E-state index is -1.04. The molecule has 1 saturated heterocycles. The van der Waals surface area contributed by atoms with E-state index in [1.807, 2.05) is 0 Å². The summed E-state index contributed by atoms with van der Waals surface area (Å²) in [6, 6.07) is 8.44. The summed E-state index contributed by atoms with van der Waals surface area (Å²) in [5.41, 5.74) is 2.03. The van der Waals surface area contributed by atoms with E-state index in [1.165, 1.54) is 26.2 Å². The first-order valence-electron chi connectivity index (χ1n) is 11.3. The lowest BCUT2D eigenvalue weighted by molar-refractivity contribution is -0.384. The Bertz CT molecular complexity index is 1260. The Morgan fingerprint density at radius 2 is 1.95 bits per heavy atom. The number of non-ortho nitro benzene ring substituents is 1. The lowest BCUT2D eigenvalue weighted by Gasteiger charge is -2.19. The molecule has 0 N–H and O–H groups in total. The number of imide groups is 1. The first kappa shape index (κ1) is 27.5. The molecule has 0 bridgehead atoms. The molecule has 0 radical (unpaired) electrons. The lowest BCUT2D eigenvalue weighted by Crippen LogP contribution is -2.42. The van der Waals surface area contributed by atoms with E-state index in [1.54, 1.807) is 43.3 Å². The van der Waals surface area contributed by atoms with Gasteiger partial charge in [0.2, 0.25) is 0 Å². The van der Waals surface area contributed by atoms with Gasteiger partial charge in [0.25, 0.3) is 16.8 Å². The zero-order chi connectivity index (χ0) is 27.1. The Hall–Kier alpha value is -4.12. The van der Waals surface area contributed by atoms with Crippen molar-refractivity contribution in [1.29, 1.82) is 0 Å². The largest absolute Gasteiger partial charge is 0.493 e. The highest BCUT2D eigenvalue weighted by atomic mass is 32.2. The van der Waals surface area contributed by atoms with Crippen molar-refractivity contribution in [2.45, 2.75) is 32.9 Å². The maximum absolute atomic E-state index is 12.9. The topological polar surface area (TPSA) is 125 Å². The second-order valence-corrected chi connectivity index (χ2v) is 8.89. The highest BCUT2D eigenvalue weighted by Gasteiger charge is 2.41. The van der Waals surface area contributed by atoms with E-state index in [2.05, 4.69) is 6.58 Å². The van der Waals surface area contributed by atoms with E-state index < -0.39 is 28.1 Å². The van der Waals surface area contributed by atoms with Crippen LogP contribution in [-0.4, -0.2) is 46.7 Å². The number of esters is 1. The van der Waals surface area contributed by atoms with E-state index in [0.717, 1.165) is 27.8 Å². The molecule has 0 spiro atoms. The van der Waals surface area contributed by atoms with Crippen LogP contribution in [0.25, 0.3) is 6.08 Å². The summed E-state index contributed by atoms with van der Waals surface area (Å²) in [5.74, 6) is -0.387. The monoisotopic (exact) mass is 526 g/mol. The van der Waals surface area contributed by atoms with Crippen LogP contribution in [0.4, 0.5) is 10.5 Å². The second-order valence-electron chi connectivity index (χ2n) is 7.90. The van der Waals surface area contributed by atoms with E-state index in [0.29, 0.717) is 23.5 Å². The Balaban J connectivity index is 1.88. The molecule has 0 aliphatic carbocycles. The summed E-state index contributed by atoms with van der Waals surface area (Å²) in [6.07, 6.45) is 3.67. The summed E-state index contributed by atoms with van der Waals surface area (Å²) in [5, 5.41) is 10.3. The molecule has 3 rings (SSSR count). The van der Waals surface area contributed by atoms with Crippen LogP contribution in [-0.2, 0) is 27.4 Å². The number of nitrogens with zero attached hydrogens (tertiary/aromatic N) is 2. The number of amides is 2. The predicted octanol–water partition coefficient (Wildman–Crippen LogP) is 4.90. The Morgan fingerprint density at radius 1 is 1.24 bits per heavy atom. The number of rotatable bonds is 11. The van der Waals surface area contributed by atoms with E-state index >= 15 is 0 Å². The number of thioether (sulfide) groups is 1. The van der Waals surface area contributed by atoms with Gasteiger partial charge in [0.15, 0.2) is 11.5 Å². The summed E-state index contributed by atoms with van der Waals surface area (Å²) < 4.78 is 16.5. The third-order valence-electron chi connectivity index (χ3n) is 5.40. The molecule has 1 aliphatic rings. The van der Waals surface area contributed by atoms with Gasteiger partial charge in [-0.2, -0.15) is 0 Å². The zero-order valence-corrected chi connectivity index (χ0v) is 21.4. The lowest BCUT2D eigenvalue weighted by atomic mass is 10.0. The normalized spacial score (nSPS) is 15.0. The maximum atomic E-state index is 12.9. The minimum absolute atomic E-state index is 0.0147. The number of hydrogen-bond donors (Lipinski definition) is 0. The van der Waals surface area contributed by atoms with E-state index in [4.69, 9.17) is 14.2 Å². The molecular weight excluding hydrogens is 500 g/mol. The molecule has 0 unspecified atom stereocenters. The van der Waals surface area contributed by atoms with Crippen LogP contribution in [0.2, 0.25) is 0 Å². The van der Waals surface area contributed by atoms with Gasteiger partial charge in [0.05, 0.1) is 23.5 Å². The van der Waals surface area contributed by atoms with Crippen molar-refractivity contribution in [2.75, 3.05) is 13.7 Å². The molecule has 1 heterocycles. The SMILES string of the molecule is C=CCc1cc(/C=C2/SC(=O)N([C@@H](C)C(=O)OCC)C2=O)cc(OC)c1OCc1ccc([N+](=O)[O-])cc1. The molecule has 2 aromatic rings. The molecule has 1 fully saturated rings. The maximum Gasteiger partial charge on any atom is 0.329 e. The second kappa shape index (κ2) is 12.2. The first-order valence-corrected chi connectivity index (χ1v) is 12.1. The molecule has 194 valence electrons. The fourth-order valence-electron chi connectivity index (χ4n) is 3.59. The van der Waals surface area contributed by atoms with Crippen LogP contribution < -0.4 is 9.47 Å². The van der Waals surface area contributed by atoms with Crippen LogP contribution in [0.1, 0.15) is 30.5 Å². The molecule has 0 aromatic heterocycles. The fourth-order valence-corrected chi connectivity index (χ4v) is 4.50. The van der Waals surface area contributed by atoms with Crippen molar-refractivity contribution in [2.24, 2.45) is 0 Å². The third kappa shape index (κ3) is 6.36. The van der Waals surface area contributed by atoms with Gasteiger partial charge in [0, 0.05) is 17.7 Å². The number of methoxy groups -OCH3 is 1. The molecular formula is C26H26N2O8S. The average molecular weight is 527 g/mol. The van der Waals surface area contributed by atoms with Gasteiger partial charge in [-0.15, -0.1) is 6.58 Å². The summed E-state index contributed by atoms with van der Waals surface area (Å²) in [6.45, 7) is 7.15. The first-order chi connectivity index (χ1) is 17.7. The molecule has 1 atom stereocenters. The zero-order valence-electron chi connectivity index (χ0n) is 20.6. The molecule has 2 amide bonds. The van der Waals surface area contributed by atoms with Crippen LogP contribution in [0.15, 0.2) is 54.0 Å². The summed E-state index contributed by atoms with van der Waals surface area (Å²) >= 11 is 0.739. The molecule has 2 aromatic carbocycles. The number of nitro groups is 1. The number of carbonyl (C=O) groups excluding carboxylic acids is 3. The number of ether oxygens (including phenoxy) is 3. The Labute approximate surface area is 218 Å². The minimum Gasteiger partial charge on any atom is -0.493 e. The van der Waals surface area contributed by atoms with Gasteiger partial charge in [-0.1, -0.05) is 6.08 Å². The van der Waals surface area contributed by atoms with Crippen LogP contribution in [0.3, 0.4) is 0 Å². The van der Waals surface area contributed by atoms with Gasteiger partial charge in [-0.25, -0.2) is 4.79 Å². The highest BCUT2D eigenvalue weighted by molar-refractivity contribution is 8.18. The molecule has 37 heavy (non-hydrogen) atoms. The number of allylic oxidation sites excluding steroid dienone is 1. The number of nitro benzene ring substituents is 1. The van der Waals surface area contributed by atoms with Crippen molar-refractivity contribution in [3.8, 4) is 11.5 Å². The molecule has 1 aliphatic heterocycles. The quantitative estimate of drug-likeness (QED) is 0.132. The van der Waals surface area contributed by atoms with E-state index in [-0.39, 0.29) is 23.8 Å². The van der Waals surface area contributed by atoms with Crippen molar-refractivity contribution < 1.29 is 33.5 Å². The van der Waals surface area contributed by atoms with Crippen molar-refractivity contribution in [3.63, 3.8) is 0 Å². The van der Waals surface area contributed by atoms with Gasteiger partial charge in [0.1, 0.15) is 12.6 Å². The predicted molar refractivity (Wildman–Crippen MR) is 138 cm³/mol. The van der Waals surface area contributed by atoms with Gasteiger partial charge < -0.3 is 14.2 Å². The summed E-state index contributed by atoms with van der Waals surface area (Å²) in [7, 11) is 1.48. The van der Waals surface area contributed by atoms with Gasteiger partial charge >= 0.3 is 5.97 Å². The van der Waals surface area contributed by atoms with Crippen molar-refractivity contribution in [1.82, 2.24) is 4.90 Å². The standard InChI is InChI=1S/C26H26N2O8S/c1-5-7-19-12-18(14-22-24(29)27(26(31)37-22)16(3)25(30)35-6-2)13-21(34-4)23(19)36-15-17-8-10-20(11-9-17)28(32)33/h5,8-14,16H,1,6-7,15H2,2-4H3/b22-14+/t16-/m0/s1. The van der Waals surface area contributed by atoms with Crippen molar-refractivity contribution in [3.05, 3.63) is 80.8 Å². The van der Waals surface area contributed by atoms with Crippen LogP contribution in [0, 0.1) is 10.1 Å². The number of carbonyl (C=O) groups is 3. The summed E-state index contributed by atoms with van der Waals surface area (Å²) in [4.78, 5) is 48.9. The van der Waals surface area contributed by atoms with Crippen LogP contribution >= 0.6 is 11.8 Å². The van der Waals surface area contributed by atoms with Gasteiger partial charge in [-0.3, -0.25) is 24.6 Å². The van der Waals surface area contributed by atoms with Crippen LogP contribution in [0.5, 0.6) is 11.5 Å². The Morgan fingerprint density at radius 3 is 2.54 bits per heavy atom. The highest BCUT2D eigenvalue weighted by Crippen LogP contribution is 2.38. The number of hydrogen-bond acceptors (Lipinski definition) is 9. The fraction of sp³-hybridized carbons (Fsp3) is 0.269. The molecule has 11 heteroatoms. The number of benzene rings is 2. The Kier molecular flexibility index (Phi) is 9.07.